The van der Waals surface area contributed by atoms with Gasteiger partial charge in [0.25, 0.3) is 0 Å². The van der Waals surface area contributed by atoms with Gasteiger partial charge in [-0.3, -0.25) is 4.79 Å². The van der Waals surface area contributed by atoms with Crippen molar-refractivity contribution in [1.29, 1.82) is 0 Å². The molecule has 114 valence electrons. The monoisotopic (exact) mass is 295 g/mol. The fraction of sp³-hybridized carbons (Fsp3) is 0.467. The number of amides is 1. The van der Waals surface area contributed by atoms with E-state index in [1.165, 1.54) is 19.2 Å². The van der Waals surface area contributed by atoms with Gasteiger partial charge in [-0.25, -0.2) is 9.18 Å². The molecule has 1 N–H and O–H groups in total. The molecule has 1 saturated heterocycles. The SMILES string of the molecule is COC(=O)[C@@H](Cc1ccc(F)cc1)NC(=O)[C@H]1CCCO1. The van der Waals surface area contributed by atoms with Crippen LogP contribution >= 0.6 is 0 Å². The third-order valence-electron chi connectivity index (χ3n) is 3.38. The Morgan fingerprint density at radius 2 is 2.14 bits per heavy atom. The Hall–Kier alpha value is -1.95. The van der Waals surface area contributed by atoms with Gasteiger partial charge in [-0.05, 0) is 30.5 Å². The molecule has 1 amide bonds. The van der Waals surface area contributed by atoms with Crippen molar-refractivity contribution in [3.8, 4) is 0 Å². The number of carbonyl (C=O) groups is 2. The number of rotatable bonds is 5. The normalized spacial score (nSPS) is 19.0. The van der Waals surface area contributed by atoms with Crippen molar-refractivity contribution in [2.45, 2.75) is 31.4 Å². The Morgan fingerprint density at radius 3 is 2.71 bits per heavy atom. The van der Waals surface area contributed by atoms with Gasteiger partial charge in [0, 0.05) is 13.0 Å². The average Bonchev–Trinajstić information content (AvgIpc) is 3.02. The molecular formula is C15H18FNO4. The summed E-state index contributed by atoms with van der Waals surface area (Å²) in [4.78, 5) is 23.8. The number of methoxy groups -OCH3 is 1. The Kier molecular flexibility index (Phi) is 5.27. The predicted molar refractivity (Wildman–Crippen MR) is 73.0 cm³/mol. The second-order valence-corrected chi connectivity index (χ2v) is 4.92. The van der Waals surface area contributed by atoms with Crippen molar-refractivity contribution in [1.82, 2.24) is 5.32 Å². The minimum absolute atomic E-state index is 0.241. The van der Waals surface area contributed by atoms with Gasteiger partial charge in [-0.1, -0.05) is 12.1 Å². The topological polar surface area (TPSA) is 64.6 Å². The molecule has 0 unspecified atom stereocenters. The summed E-state index contributed by atoms with van der Waals surface area (Å²) in [5.74, 6) is -1.20. The molecular weight excluding hydrogens is 277 g/mol. The van der Waals surface area contributed by atoms with Crippen LogP contribution in [0.15, 0.2) is 24.3 Å². The maximum Gasteiger partial charge on any atom is 0.328 e. The molecule has 1 aliphatic heterocycles. The molecule has 1 aliphatic rings. The molecule has 1 heterocycles. The summed E-state index contributed by atoms with van der Waals surface area (Å²) in [5, 5.41) is 2.64. The molecule has 6 heteroatoms. The second kappa shape index (κ2) is 7.17. The highest BCUT2D eigenvalue weighted by Gasteiger charge is 2.28. The number of nitrogens with one attached hydrogen (secondary N) is 1. The first kappa shape index (κ1) is 15.4. The van der Waals surface area contributed by atoms with E-state index in [-0.39, 0.29) is 18.1 Å². The largest absolute Gasteiger partial charge is 0.467 e. The van der Waals surface area contributed by atoms with Crippen LogP contribution in [0.25, 0.3) is 0 Å². The first-order chi connectivity index (χ1) is 10.1. The van der Waals surface area contributed by atoms with E-state index in [4.69, 9.17) is 9.47 Å². The number of hydrogen-bond acceptors (Lipinski definition) is 4. The third-order valence-corrected chi connectivity index (χ3v) is 3.38. The van der Waals surface area contributed by atoms with Crippen LogP contribution < -0.4 is 5.32 Å². The van der Waals surface area contributed by atoms with E-state index in [0.29, 0.717) is 13.0 Å². The lowest BCUT2D eigenvalue weighted by Gasteiger charge is -2.18. The molecule has 0 aliphatic carbocycles. The molecule has 0 bridgehead atoms. The Morgan fingerprint density at radius 1 is 1.43 bits per heavy atom. The molecule has 0 aromatic heterocycles. The number of ether oxygens (including phenoxy) is 2. The van der Waals surface area contributed by atoms with Crippen molar-refractivity contribution < 1.29 is 23.5 Å². The highest BCUT2D eigenvalue weighted by molar-refractivity contribution is 5.87. The van der Waals surface area contributed by atoms with Gasteiger partial charge in [0.1, 0.15) is 18.0 Å². The van der Waals surface area contributed by atoms with Crippen LogP contribution in [-0.2, 0) is 25.5 Å². The summed E-state index contributed by atoms with van der Waals surface area (Å²) in [6.07, 6.45) is 1.21. The maximum absolute atomic E-state index is 12.9. The van der Waals surface area contributed by atoms with Crippen molar-refractivity contribution >= 4 is 11.9 Å². The minimum atomic E-state index is -0.808. The molecule has 1 aromatic rings. The Bertz CT molecular complexity index is 497. The summed E-state index contributed by atoms with van der Waals surface area (Å²) in [6.45, 7) is 0.555. The standard InChI is InChI=1S/C15H18FNO4/c1-20-15(19)12(9-10-4-6-11(16)7-5-10)17-14(18)13-3-2-8-21-13/h4-7,12-13H,2-3,8-9H2,1H3,(H,17,18)/t12-,13-/m1/s1. The molecule has 1 fully saturated rings. The Balaban J connectivity index is 2.01. The van der Waals surface area contributed by atoms with E-state index < -0.39 is 18.1 Å². The van der Waals surface area contributed by atoms with Crippen LogP contribution in [-0.4, -0.2) is 37.7 Å². The zero-order valence-corrected chi connectivity index (χ0v) is 11.8. The second-order valence-electron chi connectivity index (χ2n) is 4.92. The van der Waals surface area contributed by atoms with E-state index in [9.17, 15) is 14.0 Å². The lowest BCUT2D eigenvalue weighted by Crippen LogP contribution is -2.47. The summed E-state index contributed by atoms with van der Waals surface area (Å²) in [7, 11) is 1.26. The Labute approximate surface area is 122 Å². The van der Waals surface area contributed by atoms with Crippen molar-refractivity contribution in [2.24, 2.45) is 0 Å². The van der Waals surface area contributed by atoms with Crippen LogP contribution in [0.3, 0.4) is 0 Å². The van der Waals surface area contributed by atoms with Crippen LogP contribution in [0.1, 0.15) is 18.4 Å². The molecule has 0 radical (unpaired) electrons. The predicted octanol–water partition coefficient (Wildman–Crippen LogP) is 1.20. The van der Waals surface area contributed by atoms with E-state index in [0.717, 1.165) is 12.0 Å². The summed E-state index contributed by atoms with van der Waals surface area (Å²) >= 11 is 0. The molecule has 5 nitrogen and oxygen atoms in total. The van der Waals surface area contributed by atoms with Crippen LogP contribution in [0, 0.1) is 5.82 Å². The van der Waals surface area contributed by atoms with Gasteiger partial charge in [0.2, 0.25) is 5.91 Å². The molecule has 0 spiro atoms. The zero-order chi connectivity index (χ0) is 15.2. The summed E-state index contributed by atoms with van der Waals surface area (Å²) in [6, 6.07) is 4.96. The highest BCUT2D eigenvalue weighted by Crippen LogP contribution is 2.13. The fourth-order valence-electron chi connectivity index (χ4n) is 2.24. The van der Waals surface area contributed by atoms with Gasteiger partial charge >= 0.3 is 5.97 Å². The minimum Gasteiger partial charge on any atom is -0.467 e. The summed E-state index contributed by atoms with van der Waals surface area (Å²) in [5.41, 5.74) is 0.736. The number of benzene rings is 1. The molecule has 0 saturated carbocycles. The number of hydrogen-bond donors (Lipinski definition) is 1. The zero-order valence-electron chi connectivity index (χ0n) is 11.8. The first-order valence-corrected chi connectivity index (χ1v) is 6.84. The molecule has 2 atom stereocenters. The maximum atomic E-state index is 12.9. The van der Waals surface area contributed by atoms with E-state index in [1.807, 2.05) is 0 Å². The quantitative estimate of drug-likeness (QED) is 0.829. The van der Waals surface area contributed by atoms with Crippen LogP contribution in [0.5, 0.6) is 0 Å². The molecule has 1 aromatic carbocycles. The third kappa shape index (κ3) is 4.26. The average molecular weight is 295 g/mol. The van der Waals surface area contributed by atoms with Crippen LogP contribution in [0.2, 0.25) is 0 Å². The number of esters is 1. The van der Waals surface area contributed by atoms with Gasteiger partial charge in [-0.2, -0.15) is 0 Å². The van der Waals surface area contributed by atoms with Gasteiger partial charge in [0.05, 0.1) is 7.11 Å². The highest BCUT2D eigenvalue weighted by atomic mass is 19.1. The smallest absolute Gasteiger partial charge is 0.328 e. The number of carbonyl (C=O) groups excluding carboxylic acids is 2. The van der Waals surface area contributed by atoms with E-state index in [1.54, 1.807) is 12.1 Å². The molecule has 2 rings (SSSR count). The fourth-order valence-corrected chi connectivity index (χ4v) is 2.24. The van der Waals surface area contributed by atoms with Crippen molar-refractivity contribution in [2.75, 3.05) is 13.7 Å². The van der Waals surface area contributed by atoms with Crippen molar-refractivity contribution in [3.63, 3.8) is 0 Å². The van der Waals surface area contributed by atoms with Gasteiger partial charge in [0.15, 0.2) is 0 Å². The van der Waals surface area contributed by atoms with E-state index in [2.05, 4.69) is 5.32 Å². The lowest BCUT2D eigenvalue weighted by molar-refractivity contribution is -0.146. The van der Waals surface area contributed by atoms with Gasteiger partial charge in [-0.15, -0.1) is 0 Å². The van der Waals surface area contributed by atoms with Crippen molar-refractivity contribution in [3.05, 3.63) is 35.6 Å². The van der Waals surface area contributed by atoms with Crippen LogP contribution in [0.4, 0.5) is 4.39 Å². The summed E-state index contributed by atoms with van der Waals surface area (Å²) < 4.78 is 22.9. The molecule has 21 heavy (non-hydrogen) atoms. The van der Waals surface area contributed by atoms with E-state index >= 15 is 0 Å². The van der Waals surface area contributed by atoms with Gasteiger partial charge < -0.3 is 14.8 Å². The number of halogens is 1. The lowest BCUT2D eigenvalue weighted by atomic mass is 10.1. The first-order valence-electron chi connectivity index (χ1n) is 6.84.